The Morgan fingerprint density at radius 2 is 1.76 bits per heavy atom. The highest BCUT2D eigenvalue weighted by atomic mass is 32.1. The number of rotatable bonds is 4. The van der Waals surface area contributed by atoms with Crippen molar-refractivity contribution < 1.29 is 18.3 Å². The predicted molar refractivity (Wildman–Crippen MR) is 106 cm³/mol. The fourth-order valence-electron chi connectivity index (χ4n) is 2.81. The van der Waals surface area contributed by atoms with Gasteiger partial charge in [-0.3, -0.25) is 4.79 Å². The molecule has 3 aromatic heterocycles. The first-order valence-electron chi connectivity index (χ1n) is 8.52. The zero-order chi connectivity index (χ0) is 19.8. The Morgan fingerprint density at radius 3 is 2.62 bits per heavy atom. The van der Waals surface area contributed by atoms with E-state index in [1.807, 2.05) is 11.4 Å². The van der Waals surface area contributed by atoms with Crippen molar-refractivity contribution in [3.63, 3.8) is 0 Å². The van der Waals surface area contributed by atoms with E-state index in [1.165, 1.54) is 48.2 Å². The molecule has 29 heavy (non-hydrogen) atoms. The van der Waals surface area contributed by atoms with E-state index >= 15 is 0 Å². The van der Waals surface area contributed by atoms with Crippen LogP contribution in [0.1, 0.15) is 0 Å². The molecular formula is C21H11FN2O4S. The van der Waals surface area contributed by atoms with Gasteiger partial charge in [-0.25, -0.2) is 14.4 Å². The van der Waals surface area contributed by atoms with Crippen LogP contribution in [0.4, 0.5) is 4.39 Å². The van der Waals surface area contributed by atoms with Crippen molar-refractivity contribution in [2.24, 2.45) is 0 Å². The Balaban J connectivity index is 1.47. The lowest BCUT2D eigenvalue weighted by Crippen LogP contribution is -2.05. The molecule has 5 rings (SSSR count). The Kier molecular flexibility index (Phi) is 4.18. The summed E-state index contributed by atoms with van der Waals surface area (Å²) in [5, 5.41) is 3.05. The molecule has 0 radical (unpaired) electrons. The van der Waals surface area contributed by atoms with Crippen molar-refractivity contribution in [1.82, 2.24) is 9.97 Å². The summed E-state index contributed by atoms with van der Waals surface area (Å²) in [6.07, 6.45) is 2.66. The molecule has 6 nitrogen and oxygen atoms in total. The number of ether oxygens (including phenoxy) is 2. The minimum Gasteiger partial charge on any atom is -0.460 e. The van der Waals surface area contributed by atoms with Crippen LogP contribution in [0, 0.1) is 5.82 Å². The molecule has 142 valence electrons. The molecule has 0 amide bonds. The maximum absolute atomic E-state index is 13.0. The maximum Gasteiger partial charge on any atom is 0.235 e. The summed E-state index contributed by atoms with van der Waals surface area (Å²) in [5.74, 6) is 0.849. The number of hydrogen-bond acceptors (Lipinski definition) is 7. The molecule has 0 aliphatic rings. The van der Waals surface area contributed by atoms with E-state index in [-0.39, 0.29) is 17.0 Å². The SMILES string of the molecule is O=c1c(Oc2ccc(F)cc2)coc2cc(Oc3ncnc4sccc34)ccc12. The van der Waals surface area contributed by atoms with Crippen LogP contribution in [-0.4, -0.2) is 9.97 Å². The second-order valence-electron chi connectivity index (χ2n) is 6.06. The van der Waals surface area contributed by atoms with Crippen LogP contribution in [0.2, 0.25) is 0 Å². The minimum atomic E-state index is -0.390. The van der Waals surface area contributed by atoms with Gasteiger partial charge in [-0.05, 0) is 47.8 Å². The average Bonchev–Trinajstić information content (AvgIpc) is 3.22. The fourth-order valence-corrected chi connectivity index (χ4v) is 3.54. The smallest absolute Gasteiger partial charge is 0.235 e. The van der Waals surface area contributed by atoms with E-state index in [2.05, 4.69) is 9.97 Å². The molecule has 0 N–H and O–H groups in total. The molecular weight excluding hydrogens is 395 g/mol. The lowest BCUT2D eigenvalue weighted by atomic mass is 10.2. The Labute approximate surface area is 166 Å². The zero-order valence-electron chi connectivity index (χ0n) is 14.7. The van der Waals surface area contributed by atoms with Crippen LogP contribution in [0.25, 0.3) is 21.2 Å². The number of nitrogens with zero attached hydrogens (tertiary/aromatic N) is 2. The number of halogens is 1. The van der Waals surface area contributed by atoms with E-state index in [4.69, 9.17) is 13.9 Å². The largest absolute Gasteiger partial charge is 0.460 e. The lowest BCUT2D eigenvalue weighted by molar-refractivity contribution is 0.447. The molecule has 2 aromatic carbocycles. The second kappa shape index (κ2) is 6.99. The first kappa shape index (κ1) is 17.3. The van der Waals surface area contributed by atoms with Gasteiger partial charge < -0.3 is 13.9 Å². The number of hydrogen-bond donors (Lipinski definition) is 0. The van der Waals surface area contributed by atoms with Crippen molar-refractivity contribution in [2.45, 2.75) is 0 Å². The monoisotopic (exact) mass is 406 g/mol. The van der Waals surface area contributed by atoms with Gasteiger partial charge in [0.25, 0.3) is 0 Å². The summed E-state index contributed by atoms with van der Waals surface area (Å²) < 4.78 is 30.0. The van der Waals surface area contributed by atoms with Crippen molar-refractivity contribution in [3.05, 3.63) is 82.5 Å². The highest BCUT2D eigenvalue weighted by molar-refractivity contribution is 7.16. The molecule has 0 aliphatic carbocycles. The summed E-state index contributed by atoms with van der Waals surface area (Å²) in [4.78, 5) is 21.9. The molecule has 0 aliphatic heterocycles. The molecule has 0 bridgehead atoms. The topological polar surface area (TPSA) is 74.5 Å². The number of fused-ring (bicyclic) bond motifs is 2. The predicted octanol–water partition coefficient (Wildman–Crippen LogP) is 5.52. The first-order chi connectivity index (χ1) is 14.2. The second-order valence-corrected chi connectivity index (χ2v) is 6.96. The van der Waals surface area contributed by atoms with Crippen LogP contribution >= 0.6 is 11.3 Å². The summed E-state index contributed by atoms with van der Waals surface area (Å²) in [6.45, 7) is 0. The zero-order valence-corrected chi connectivity index (χ0v) is 15.5. The maximum atomic E-state index is 13.0. The number of aromatic nitrogens is 2. The summed E-state index contributed by atoms with van der Waals surface area (Å²) in [6, 6.07) is 12.1. The average molecular weight is 406 g/mol. The summed E-state index contributed by atoms with van der Waals surface area (Å²) in [5.41, 5.74) is -0.000962. The molecule has 0 unspecified atom stereocenters. The number of benzene rings is 2. The van der Waals surface area contributed by atoms with E-state index in [0.29, 0.717) is 28.3 Å². The molecule has 0 saturated carbocycles. The van der Waals surface area contributed by atoms with Gasteiger partial charge in [0, 0.05) is 6.07 Å². The van der Waals surface area contributed by atoms with E-state index < -0.39 is 0 Å². The van der Waals surface area contributed by atoms with Gasteiger partial charge in [0.15, 0.2) is 0 Å². The minimum absolute atomic E-state index is 0.00792. The van der Waals surface area contributed by atoms with Gasteiger partial charge in [0.1, 0.15) is 40.3 Å². The van der Waals surface area contributed by atoms with Crippen molar-refractivity contribution in [2.75, 3.05) is 0 Å². The lowest BCUT2D eigenvalue weighted by Gasteiger charge is -2.08. The molecule has 0 spiro atoms. The van der Waals surface area contributed by atoms with Crippen LogP contribution in [0.5, 0.6) is 23.1 Å². The third-order valence-corrected chi connectivity index (χ3v) is 5.02. The molecule has 8 heteroatoms. The van der Waals surface area contributed by atoms with Crippen molar-refractivity contribution in [3.8, 4) is 23.1 Å². The van der Waals surface area contributed by atoms with E-state index in [1.54, 1.807) is 18.2 Å². The third kappa shape index (κ3) is 3.30. The Morgan fingerprint density at radius 1 is 0.931 bits per heavy atom. The van der Waals surface area contributed by atoms with Gasteiger partial charge in [0.2, 0.25) is 17.1 Å². The van der Waals surface area contributed by atoms with Gasteiger partial charge in [-0.2, -0.15) is 0 Å². The van der Waals surface area contributed by atoms with Crippen LogP contribution in [0.15, 0.2) is 75.7 Å². The van der Waals surface area contributed by atoms with Crippen LogP contribution < -0.4 is 14.9 Å². The molecule has 5 aromatic rings. The van der Waals surface area contributed by atoms with Gasteiger partial charge in [0.05, 0.1) is 10.8 Å². The normalized spacial score (nSPS) is 11.1. The Hall–Kier alpha value is -3.78. The van der Waals surface area contributed by atoms with Gasteiger partial charge >= 0.3 is 0 Å². The Bertz CT molecular complexity index is 1400. The standard InChI is InChI=1S/C21H11FN2O4S/c22-12-1-3-13(4-2-12)27-18-10-26-17-9-14(5-6-15(17)19(18)25)28-20-16-7-8-29-21(16)24-11-23-20/h1-11H. The van der Waals surface area contributed by atoms with Gasteiger partial charge in [-0.15, -0.1) is 11.3 Å². The summed E-state index contributed by atoms with van der Waals surface area (Å²) >= 11 is 1.49. The van der Waals surface area contributed by atoms with Crippen molar-refractivity contribution >= 4 is 32.5 Å². The first-order valence-corrected chi connectivity index (χ1v) is 9.40. The highest BCUT2D eigenvalue weighted by Gasteiger charge is 2.12. The van der Waals surface area contributed by atoms with Crippen molar-refractivity contribution in [1.29, 1.82) is 0 Å². The fraction of sp³-hybridized carbons (Fsp3) is 0. The molecule has 3 heterocycles. The third-order valence-electron chi connectivity index (χ3n) is 4.20. The molecule has 0 saturated heterocycles. The highest BCUT2D eigenvalue weighted by Crippen LogP contribution is 2.31. The van der Waals surface area contributed by atoms with Crippen LogP contribution in [0.3, 0.4) is 0 Å². The summed E-state index contributed by atoms with van der Waals surface area (Å²) in [7, 11) is 0. The quantitative estimate of drug-likeness (QED) is 0.391. The van der Waals surface area contributed by atoms with E-state index in [0.717, 1.165) is 10.2 Å². The molecule has 0 atom stereocenters. The van der Waals surface area contributed by atoms with Crippen LogP contribution in [-0.2, 0) is 0 Å². The molecule has 0 fully saturated rings. The van der Waals surface area contributed by atoms with Gasteiger partial charge in [-0.1, -0.05) is 0 Å². The van der Waals surface area contributed by atoms with E-state index in [9.17, 15) is 9.18 Å². The number of thiophene rings is 1.